The summed E-state index contributed by atoms with van der Waals surface area (Å²) < 4.78 is 0. The molecule has 3 aromatic rings. The summed E-state index contributed by atoms with van der Waals surface area (Å²) in [5.41, 5.74) is 8.74. The predicted octanol–water partition coefficient (Wildman–Crippen LogP) is 2.87. The van der Waals surface area contributed by atoms with Gasteiger partial charge in [-0.05, 0) is 42.8 Å². The van der Waals surface area contributed by atoms with Crippen molar-refractivity contribution in [2.24, 2.45) is 5.73 Å². The van der Waals surface area contributed by atoms with Gasteiger partial charge in [0.25, 0.3) is 0 Å². The Balaban J connectivity index is 1.89. The standard InChI is InChI=1S/C16H16N4/c17-10-9-12-5-7-13(8-6-12)20-16-14-3-1-2-4-15(14)18-11-19-16/h1-8,11H,9-10,17H2,(H,18,19,20). The van der Waals surface area contributed by atoms with Crippen LogP contribution < -0.4 is 11.1 Å². The van der Waals surface area contributed by atoms with Crippen LogP contribution in [0.2, 0.25) is 0 Å². The van der Waals surface area contributed by atoms with Crippen LogP contribution in [0.5, 0.6) is 0 Å². The molecule has 4 heteroatoms. The lowest BCUT2D eigenvalue weighted by Gasteiger charge is -2.08. The number of nitrogens with two attached hydrogens (primary N) is 1. The van der Waals surface area contributed by atoms with Crippen molar-refractivity contribution in [2.75, 3.05) is 11.9 Å². The summed E-state index contributed by atoms with van der Waals surface area (Å²) >= 11 is 0. The van der Waals surface area contributed by atoms with Crippen molar-refractivity contribution in [3.8, 4) is 0 Å². The number of hydrogen-bond acceptors (Lipinski definition) is 4. The third-order valence-electron chi connectivity index (χ3n) is 3.19. The van der Waals surface area contributed by atoms with Gasteiger partial charge in [-0.1, -0.05) is 24.3 Å². The monoisotopic (exact) mass is 264 g/mol. The summed E-state index contributed by atoms with van der Waals surface area (Å²) in [7, 11) is 0. The number of anilines is 2. The Kier molecular flexibility index (Phi) is 3.56. The maximum atomic E-state index is 5.55. The number of fused-ring (bicyclic) bond motifs is 1. The molecule has 0 radical (unpaired) electrons. The van der Waals surface area contributed by atoms with Gasteiger partial charge in [0.05, 0.1) is 5.52 Å². The highest BCUT2D eigenvalue weighted by Gasteiger charge is 2.03. The fraction of sp³-hybridized carbons (Fsp3) is 0.125. The summed E-state index contributed by atoms with van der Waals surface area (Å²) in [4.78, 5) is 8.58. The van der Waals surface area contributed by atoms with E-state index < -0.39 is 0 Å². The minimum absolute atomic E-state index is 0.670. The first-order valence-corrected chi connectivity index (χ1v) is 6.62. The molecule has 0 bridgehead atoms. The molecule has 0 aliphatic rings. The smallest absolute Gasteiger partial charge is 0.141 e. The van der Waals surface area contributed by atoms with Crippen LogP contribution in [0.1, 0.15) is 5.56 Å². The summed E-state index contributed by atoms with van der Waals surface area (Å²) in [6.07, 6.45) is 2.48. The summed E-state index contributed by atoms with van der Waals surface area (Å²) in [6, 6.07) is 16.2. The van der Waals surface area contributed by atoms with E-state index in [9.17, 15) is 0 Å². The molecule has 0 saturated heterocycles. The van der Waals surface area contributed by atoms with E-state index in [2.05, 4.69) is 27.4 Å². The van der Waals surface area contributed by atoms with E-state index in [0.717, 1.165) is 28.8 Å². The van der Waals surface area contributed by atoms with Crippen molar-refractivity contribution in [3.63, 3.8) is 0 Å². The van der Waals surface area contributed by atoms with Gasteiger partial charge in [-0.15, -0.1) is 0 Å². The van der Waals surface area contributed by atoms with E-state index in [1.807, 2.05) is 36.4 Å². The first-order chi connectivity index (χ1) is 9.86. The molecule has 3 rings (SSSR count). The van der Waals surface area contributed by atoms with E-state index >= 15 is 0 Å². The van der Waals surface area contributed by atoms with Gasteiger partial charge in [0.15, 0.2) is 0 Å². The third kappa shape index (κ3) is 2.60. The van der Waals surface area contributed by atoms with Crippen LogP contribution >= 0.6 is 0 Å². The van der Waals surface area contributed by atoms with Crippen LogP contribution in [0.15, 0.2) is 54.9 Å². The zero-order chi connectivity index (χ0) is 13.8. The van der Waals surface area contributed by atoms with E-state index in [0.29, 0.717) is 6.54 Å². The van der Waals surface area contributed by atoms with Crippen molar-refractivity contribution in [3.05, 3.63) is 60.4 Å². The molecule has 0 saturated carbocycles. The largest absolute Gasteiger partial charge is 0.340 e. The molecular weight excluding hydrogens is 248 g/mol. The van der Waals surface area contributed by atoms with Crippen LogP contribution in [0, 0.1) is 0 Å². The van der Waals surface area contributed by atoms with Crippen LogP contribution in [-0.4, -0.2) is 16.5 Å². The summed E-state index contributed by atoms with van der Waals surface area (Å²) in [5.74, 6) is 0.821. The minimum Gasteiger partial charge on any atom is -0.340 e. The summed E-state index contributed by atoms with van der Waals surface area (Å²) in [6.45, 7) is 0.670. The van der Waals surface area contributed by atoms with Gasteiger partial charge in [-0.2, -0.15) is 0 Å². The van der Waals surface area contributed by atoms with E-state index in [-0.39, 0.29) is 0 Å². The summed E-state index contributed by atoms with van der Waals surface area (Å²) in [5, 5.41) is 4.35. The normalized spacial score (nSPS) is 10.7. The molecule has 1 aromatic heterocycles. The van der Waals surface area contributed by atoms with Crippen molar-refractivity contribution < 1.29 is 0 Å². The van der Waals surface area contributed by atoms with Gasteiger partial charge in [0.2, 0.25) is 0 Å². The highest BCUT2D eigenvalue weighted by atomic mass is 15.0. The Hall–Kier alpha value is -2.46. The zero-order valence-corrected chi connectivity index (χ0v) is 11.1. The average molecular weight is 264 g/mol. The molecule has 0 amide bonds. The molecule has 0 atom stereocenters. The number of rotatable bonds is 4. The molecule has 0 unspecified atom stereocenters. The van der Waals surface area contributed by atoms with Crippen LogP contribution in [0.25, 0.3) is 10.9 Å². The van der Waals surface area contributed by atoms with Crippen molar-refractivity contribution in [1.82, 2.24) is 9.97 Å². The van der Waals surface area contributed by atoms with E-state index in [4.69, 9.17) is 5.73 Å². The maximum absolute atomic E-state index is 5.55. The molecule has 3 N–H and O–H groups in total. The number of aromatic nitrogens is 2. The van der Waals surface area contributed by atoms with Gasteiger partial charge >= 0.3 is 0 Å². The average Bonchev–Trinajstić information content (AvgIpc) is 2.50. The fourth-order valence-corrected chi connectivity index (χ4v) is 2.16. The molecule has 0 aliphatic heterocycles. The van der Waals surface area contributed by atoms with Gasteiger partial charge in [-0.25, -0.2) is 9.97 Å². The molecule has 1 heterocycles. The second-order valence-electron chi connectivity index (χ2n) is 4.60. The van der Waals surface area contributed by atoms with Gasteiger partial charge in [0, 0.05) is 11.1 Å². The van der Waals surface area contributed by atoms with Gasteiger partial charge in [-0.3, -0.25) is 0 Å². The molecule has 20 heavy (non-hydrogen) atoms. The molecule has 4 nitrogen and oxygen atoms in total. The quantitative estimate of drug-likeness (QED) is 0.760. The number of nitrogens with zero attached hydrogens (tertiary/aromatic N) is 2. The van der Waals surface area contributed by atoms with Crippen molar-refractivity contribution in [1.29, 1.82) is 0 Å². The van der Waals surface area contributed by atoms with Gasteiger partial charge < -0.3 is 11.1 Å². The number of hydrogen-bond donors (Lipinski definition) is 2. The Labute approximate surface area is 117 Å². The molecule has 0 aliphatic carbocycles. The first kappa shape index (κ1) is 12.6. The molecule has 2 aromatic carbocycles. The lowest BCUT2D eigenvalue weighted by Crippen LogP contribution is -2.02. The van der Waals surface area contributed by atoms with Crippen molar-refractivity contribution in [2.45, 2.75) is 6.42 Å². The van der Waals surface area contributed by atoms with Gasteiger partial charge in [0.1, 0.15) is 12.1 Å². The molecule has 0 spiro atoms. The molecule has 0 fully saturated rings. The second kappa shape index (κ2) is 5.67. The van der Waals surface area contributed by atoms with E-state index in [1.54, 1.807) is 6.33 Å². The Morgan fingerprint density at radius 2 is 1.75 bits per heavy atom. The van der Waals surface area contributed by atoms with E-state index in [1.165, 1.54) is 5.56 Å². The SMILES string of the molecule is NCCc1ccc(Nc2ncnc3ccccc23)cc1. The number of para-hydroxylation sites is 1. The third-order valence-corrected chi connectivity index (χ3v) is 3.19. The Morgan fingerprint density at radius 3 is 2.55 bits per heavy atom. The fourth-order valence-electron chi connectivity index (χ4n) is 2.16. The zero-order valence-electron chi connectivity index (χ0n) is 11.1. The Morgan fingerprint density at radius 1 is 0.950 bits per heavy atom. The topological polar surface area (TPSA) is 63.8 Å². The highest BCUT2D eigenvalue weighted by molar-refractivity contribution is 5.90. The second-order valence-corrected chi connectivity index (χ2v) is 4.60. The lowest BCUT2D eigenvalue weighted by atomic mass is 10.1. The number of nitrogens with one attached hydrogen (secondary N) is 1. The molecule has 100 valence electrons. The van der Waals surface area contributed by atoms with Crippen LogP contribution in [0.3, 0.4) is 0 Å². The first-order valence-electron chi connectivity index (χ1n) is 6.62. The molecular formula is C16H16N4. The minimum atomic E-state index is 0.670. The Bertz CT molecular complexity index is 702. The highest BCUT2D eigenvalue weighted by Crippen LogP contribution is 2.22. The number of benzene rings is 2. The lowest BCUT2D eigenvalue weighted by molar-refractivity contribution is 0.969. The van der Waals surface area contributed by atoms with Crippen molar-refractivity contribution >= 4 is 22.4 Å². The van der Waals surface area contributed by atoms with Crippen LogP contribution in [-0.2, 0) is 6.42 Å². The predicted molar refractivity (Wildman–Crippen MR) is 82.0 cm³/mol. The van der Waals surface area contributed by atoms with Crippen LogP contribution in [0.4, 0.5) is 11.5 Å². The maximum Gasteiger partial charge on any atom is 0.141 e.